The van der Waals surface area contributed by atoms with E-state index in [-0.39, 0.29) is 0 Å². The van der Waals surface area contributed by atoms with Gasteiger partial charge in [0.05, 0.1) is 18.2 Å². The van der Waals surface area contributed by atoms with Crippen LogP contribution in [0.1, 0.15) is 5.56 Å². The molecule has 0 radical (unpaired) electrons. The SMILES string of the molecule is COc1cc2nn(C)cc2cc1C#C[Si](C)(C)C. The van der Waals surface area contributed by atoms with Gasteiger partial charge in [-0.15, -0.1) is 5.54 Å². The molecule has 4 heteroatoms. The minimum Gasteiger partial charge on any atom is -0.495 e. The second-order valence-electron chi connectivity index (χ2n) is 5.41. The summed E-state index contributed by atoms with van der Waals surface area (Å²) in [5, 5.41) is 5.46. The molecule has 0 N–H and O–H groups in total. The van der Waals surface area contributed by atoms with E-state index in [1.165, 1.54) is 0 Å². The van der Waals surface area contributed by atoms with Gasteiger partial charge < -0.3 is 4.74 Å². The van der Waals surface area contributed by atoms with Crippen LogP contribution in [0.3, 0.4) is 0 Å². The van der Waals surface area contributed by atoms with Crippen molar-refractivity contribution in [3.05, 3.63) is 23.9 Å². The molecule has 0 aliphatic rings. The minimum absolute atomic E-state index is 0.798. The quantitative estimate of drug-likeness (QED) is 0.581. The lowest BCUT2D eigenvalue weighted by molar-refractivity contribution is 0.414. The zero-order valence-corrected chi connectivity index (χ0v) is 12.5. The first-order chi connectivity index (χ1) is 8.39. The Morgan fingerprint density at radius 2 is 2.00 bits per heavy atom. The van der Waals surface area contributed by atoms with Gasteiger partial charge in [0.2, 0.25) is 0 Å². The van der Waals surface area contributed by atoms with Crippen LogP contribution < -0.4 is 4.74 Å². The Morgan fingerprint density at radius 1 is 1.28 bits per heavy atom. The molecule has 1 aromatic heterocycles. The standard InChI is InChI=1S/C14H18N2OSi/c1-16-10-12-8-11(6-7-18(3,4)5)14(17-2)9-13(12)15-16/h8-10H,1-5H3. The summed E-state index contributed by atoms with van der Waals surface area (Å²) in [6.45, 7) is 6.69. The predicted octanol–water partition coefficient (Wildman–Crippen LogP) is 2.81. The Morgan fingerprint density at radius 3 is 2.61 bits per heavy atom. The average Bonchev–Trinajstić information content (AvgIpc) is 2.63. The fourth-order valence-corrected chi connectivity index (χ4v) is 2.21. The van der Waals surface area contributed by atoms with E-state index >= 15 is 0 Å². The van der Waals surface area contributed by atoms with E-state index in [4.69, 9.17) is 4.74 Å². The summed E-state index contributed by atoms with van der Waals surface area (Å²) in [6.07, 6.45) is 1.99. The van der Waals surface area contributed by atoms with E-state index in [0.717, 1.165) is 22.2 Å². The summed E-state index contributed by atoms with van der Waals surface area (Å²) < 4.78 is 7.20. The summed E-state index contributed by atoms with van der Waals surface area (Å²) >= 11 is 0. The average molecular weight is 258 g/mol. The molecule has 0 aliphatic heterocycles. The normalized spacial score (nSPS) is 11.2. The largest absolute Gasteiger partial charge is 0.495 e. The molecule has 0 saturated carbocycles. The zero-order chi connectivity index (χ0) is 13.3. The summed E-state index contributed by atoms with van der Waals surface area (Å²) in [5.74, 6) is 4.05. The topological polar surface area (TPSA) is 27.1 Å². The molecule has 94 valence electrons. The minimum atomic E-state index is -1.38. The van der Waals surface area contributed by atoms with E-state index < -0.39 is 8.07 Å². The molecule has 0 saturated heterocycles. The highest BCUT2D eigenvalue weighted by Crippen LogP contribution is 2.24. The van der Waals surface area contributed by atoms with Crippen LogP contribution in [0.2, 0.25) is 19.6 Å². The summed E-state index contributed by atoms with van der Waals surface area (Å²) in [7, 11) is 2.21. The number of benzene rings is 1. The first-order valence-electron chi connectivity index (χ1n) is 5.93. The lowest BCUT2D eigenvalue weighted by Gasteiger charge is -2.06. The van der Waals surface area contributed by atoms with Crippen LogP contribution in [-0.4, -0.2) is 25.0 Å². The van der Waals surface area contributed by atoms with Crippen molar-refractivity contribution < 1.29 is 4.74 Å². The van der Waals surface area contributed by atoms with Crippen LogP contribution in [-0.2, 0) is 7.05 Å². The van der Waals surface area contributed by atoms with Crippen molar-refractivity contribution in [2.45, 2.75) is 19.6 Å². The van der Waals surface area contributed by atoms with Crippen molar-refractivity contribution in [1.82, 2.24) is 9.78 Å². The van der Waals surface area contributed by atoms with Crippen LogP contribution in [0.4, 0.5) is 0 Å². The lowest BCUT2D eigenvalue weighted by atomic mass is 10.1. The van der Waals surface area contributed by atoms with Gasteiger partial charge in [-0.2, -0.15) is 5.10 Å². The van der Waals surface area contributed by atoms with Crippen molar-refractivity contribution in [1.29, 1.82) is 0 Å². The molecule has 1 heterocycles. The Hall–Kier alpha value is -1.73. The van der Waals surface area contributed by atoms with Gasteiger partial charge in [0.15, 0.2) is 0 Å². The smallest absolute Gasteiger partial charge is 0.136 e. The first kappa shape index (κ1) is 12.7. The highest BCUT2D eigenvalue weighted by molar-refractivity contribution is 6.83. The van der Waals surface area contributed by atoms with Gasteiger partial charge in [0.1, 0.15) is 13.8 Å². The van der Waals surface area contributed by atoms with Crippen molar-refractivity contribution >= 4 is 19.0 Å². The Balaban J connectivity index is 2.57. The van der Waals surface area contributed by atoms with E-state index in [9.17, 15) is 0 Å². The van der Waals surface area contributed by atoms with E-state index in [0.29, 0.717) is 0 Å². The maximum Gasteiger partial charge on any atom is 0.136 e. The van der Waals surface area contributed by atoms with Gasteiger partial charge in [0, 0.05) is 24.7 Å². The van der Waals surface area contributed by atoms with Crippen molar-refractivity contribution in [3.63, 3.8) is 0 Å². The van der Waals surface area contributed by atoms with Crippen molar-refractivity contribution in [2.24, 2.45) is 7.05 Å². The molecular formula is C14H18N2OSi. The third-order valence-electron chi connectivity index (χ3n) is 2.51. The number of rotatable bonds is 1. The number of aryl methyl sites for hydroxylation is 1. The van der Waals surface area contributed by atoms with Gasteiger partial charge in [-0.1, -0.05) is 25.6 Å². The van der Waals surface area contributed by atoms with Crippen LogP contribution in [0.15, 0.2) is 18.3 Å². The number of hydrogen-bond donors (Lipinski definition) is 0. The van der Waals surface area contributed by atoms with Crippen molar-refractivity contribution in [2.75, 3.05) is 7.11 Å². The number of fused-ring (bicyclic) bond motifs is 1. The van der Waals surface area contributed by atoms with E-state index in [1.807, 2.05) is 25.4 Å². The van der Waals surface area contributed by atoms with Gasteiger partial charge in [-0.05, 0) is 6.07 Å². The molecule has 0 aliphatic carbocycles. The molecule has 2 aromatic rings. The van der Waals surface area contributed by atoms with Crippen LogP contribution >= 0.6 is 0 Å². The molecule has 18 heavy (non-hydrogen) atoms. The Kier molecular flexibility index (Phi) is 3.18. The summed E-state index contributed by atoms with van der Waals surface area (Å²) in [6, 6.07) is 4.00. The molecule has 2 rings (SSSR count). The van der Waals surface area contributed by atoms with Gasteiger partial charge in [-0.3, -0.25) is 4.68 Å². The molecular weight excluding hydrogens is 240 g/mol. The maximum atomic E-state index is 5.39. The van der Waals surface area contributed by atoms with Gasteiger partial charge in [-0.25, -0.2) is 0 Å². The molecule has 0 fully saturated rings. The number of aromatic nitrogens is 2. The number of hydrogen-bond acceptors (Lipinski definition) is 2. The fourth-order valence-electron chi connectivity index (χ4n) is 1.70. The van der Waals surface area contributed by atoms with E-state index in [2.05, 4.69) is 36.2 Å². The van der Waals surface area contributed by atoms with Crippen LogP contribution in [0, 0.1) is 11.5 Å². The third kappa shape index (κ3) is 2.74. The molecule has 0 unspecified atom stereocenters. The highest BCUT2D eigenvalue weighted by atomic mass is 28.3. The third-order valence-corrected chi connectivity index (χ3v) is 3.39. The van der Waals surface area contributed by atoms with Gasteiger partial charge >= 0.3 is 0 Å². The monoisotopic (exact) mass is 258 g/mol. The first-order valence-corrected chi connectivity index (χ1v) is 9.43. The number of methoxy groups -OCH3 is 1. The molecule has 0 bridgehead atoms. The second kappa shape index (κ2) is 4.50. The molecule has 0 amide bonds. The molecule has 3 nitrogen and oxygen atoms in total. The number of nitrogens with zero attached hydrogens (tertiary/aromatic N) is 2. The maximum absolute atomic E-state index is 5.39. The Labute approximate surface area is 109 Å². The second-order valence-corrected chi connectivity index (χ2v) is 10.2. The highest BCUT2D eigenvalue weighted by Gasteiger charge is 2.10. The van der Waals surface area contributed by atoms with E-state index in [1.54, 1.807) is 11.8 Å². The zero-order valence-electron chi connectivity index (χ0n) is 11.5. The number of ether oxygens (including phenoxy) is 1. The Bertz CT molecular complexity index is 641. The summed E-state index contributed by atoms with van der Waals surface area (Å²) in [5.41, 5.74) is 5.25. The molecule has 0 atom stereocenters. The van der Waals surface area contributed by atoms with Gasteiger partial charge in [0.25, 0.3) is 0 Å². The summed E-state index contributed by atoms with van der Waals surface area (Å²) in [4.78, 5) is 0. The van der Waals surface area contributed by atoms with Crippen molar-refractivity contribution in [3.8, 4) is 17.2 Å². The lowest BCUT2D eigenvalue weighted by Crippen LogP contribution is -2.16. The van der Waals surface area contributed by atoms with Crippen LogP contribution in [0.5, 0.6) is 5.75 Å². The molecule has 0 spiro atoms. The fraction of sp³-hybridized carbons (Fsp3) is 0.357. The molecule has 1 aromatic carbocycles. The predicted molar refractivity (Wildman–Crippen MR) is 77.5 cm³/mol. The van der Waals surface area contributed by atoms with Crippen LogP contribution in [0.25, 0.3) is 10.9 Å².